The molecule has 31 heavy (non-hydrogen) atoms. The maximum atomic E-state index is 13.7. The predicted molar refractivity (Wildman–Crippen MR) is 128 cm³/mol. The molecule has 158 valence electrons. The van der Waals surface area contributed by atoms with Gasteiger partial charge in [-0.25, -0.2) is 9.36 Å². The van der Waals surface area contributed by atoms with Gasteiger partial charge in [-0.15, -0.1) is 11.3 Å². The molecule has 4 nitrogen and oxygen atoms in total. The smallest absolute Gasteiger partial charge is 0.279 e. The summed E-state index contributed by atoms with van der Waals surface area (Å²) in [7, 11) is 0. The monoisotopic (exact) mass is 430 g/mol. The number of hydrogen-bond donors (Lipinski definition) is 0. The Morgan fingerprint density at radius 3 is 2.48 bits per heavy atom. The van der Waals surface area contributed by atoms with Gasteiger partial charge in [0, 0.05) is 4.88 Å². The van der Waals surface area contributed by atoms with Crippen LogP contribution in [0.2, 0.25) is 0 Å². The summed E-state index contributed by atoms with van der Waals surface area (Å²) >= 11 is 1.63. The van der Waals surface area contributed by atoms with Gasteiger partial charge in [-0.1, -0.05) is 42.8 Å². The summed E-state index contributed by atoms with van der Waals surface area (Å²) in [6.07, 6.45) is 3.92. The van der Waals surface area contributed by atoms with Crippen molar-refractivity contribution in [3.05, 3.63) is 96.0 Å². The molecule has 5 heteroatoms. The van der Waals surface area contributed by atoms with Crippen LogP contribution >= 0.6 is 11.3 Å². The molecule has 0 radical (unpaired) electrons. The number of fused-ring (bicyclic) bond motifs is 3. The molecule has 1 aliphatic rings. The van der Waals surface area contributed by atoms with Crippen LogP contribution in [0.4, 0.5) is 0 Å². The van der Waals surface area contributed by atoms with Crippen LogP contribution in [0.1, 0.15) is 46.0 Å². The summed E-state index contributed by atoms with van der Waals surface area (Å²) in [5.41, 5.74) is 6.00. The molecule has 0 aliphatic heterocycles. The van der Waals surface area contributed by atoms with Crippen molar-refractivity contribution in [1.29, 1.82) is 0 Å². The van der Waals surface area contributed by atoms with Crippen molar-refractivity contribution in [2.24, 2.45) is 0 Å². The summed E-state index contributed by atoms with van der Waals surface area (Å²) < 4.78 is 3.18. The van der Waals surface area contributed by atoms with Gasteiger partial charge in [0.15, 0.2) is 0 Å². The zero-order valence-electron chi connectivity index (χ0n) is 18.2. The first-order valence-electron chi connectivity index (χ1n) is 10.9. The highest BCUT2D eigenvalue weighted by molar-refractivity contribution is 7.18. The lowest BCUT2D eigenvalue weighted by atomic mass is 10.1. The Kier molecular flexibility index (Phi) is 4.94. The van der Waals surface area contributed by atoms with E-state index in [-0.39, 0.29) is 11.2 Å². The van der Waals surface area contributed by atoms with Crippen LogP contribution in [-0.4, -0.2) is 9.13 Å². The highest BCUT2D eigenvalue weighted by Gasteiger charge is 2.25. The number of thiophene rings is 1. The third-order valence-corrected chi connectivity index (χ3v) is 7.73. The summed E-state index contributed by atoms with van der Waals surface area (Å²) in [6.45, 7) is 6.72. The maximum Gasteiger partial charge on any atom is 0.337 e. The van der Waals surface area contributed by atoms with Gasteiger partial charge in [-0.05, 0) is 73.9 Å². The Morgan fingerprint density at radius 1 is 1.00 bits per heavy atom. The number of rotatable bonds is 4. The molecule has 0 unspecified atom stereocenters. The Balaban J connectivity index is 1.79. The summed E-state index contributed by atoms with van der Waals surface area (Å²) in [6, 6.07) is 14.1. The summed E-state index contributed by atoms with van der Waals surface area (Å²) in [5, 5.41) is 0.737. The average Bonchev–Trinajstić information content (AvgIpc) is 3.34. The van der Waals surface area contributed by atoms with Crippen LogP contribution < -0.4 is 11.2 Å². The van der Waals surface area contributed by atoms with E-state index >= 15 is 0 Å². The van der Waals surface area contributed by atoms with E-state index in [4.69, 9.17) is 0 Å². The van der Waals surface area contributed by atoms with Crippen LogP contribution in [-0.2, 0) is 25.8 Å². The molecule has 2 aromatic carbocycles. The molecule has 1 aliphatic carbocycles. The second kappa shape index (κ2) is 7.65. The fraction of sp³-hybridized carbons (Fsp3) is 0.308. The minimum atomic E-state index is -0.262. The van der Waals surface area contributed by atoms with Crippen LogP contribution in [0.3, 0.4) is 0 Å². The van der Waals surface area contributed by atoms with Crippen LogP contribution in [0.15, 0.2) is 52.1 Å². The number of nitrogens with zero attached hydrogens (tertiary/aromatic N) is 2. The van der Waals surface area contributed by atoms with Gasteiger partial charge in [0.2, 0.25) is 0 Å². The zero-order chi connectivity index (χ0) is 21.7. The highest BCUT2D eigenvalue weighted by Crippen LogP contribution is 2.35. The number of benzene rings is 2. The molecule has 4 aromatic rings. The van der Waals surface area contributed by atoms with Gasteiger partial charge in [-0.3, -0.25) is 9.36 Å². The van der Waals surface area contributed by atoms with Gasteiger partial charge in [0.05, 0.1) is 17.6 Å². The van der Waals surface area contributed by atoms with E-state index in [1.54, 1.807) is 11.3 Å². The van der Waals surface area contributed by atoms with Crippen molar-refractivity contribution in [3.63, 3.8) is 0 Å². The maximum absolute atomic E-state index is 13.7. The minimum absolute atomic E-state index is 0.180. The van der Waals surface area contributed by atoms with Crippen molar-refractivity contribution in [2.45, 2.75) is 53.0 Å². The SMILES string of the molecule is CCc1ccc(-n2c(=O)c3c4c(sc3n(Cc3ccc(C)cc3C)c2=O)CCC4)cc1. The lowest BCUT2D eigenvalue weighted by Gasteiger charge is -2.14. The third kappa shape index (κ3) is 3.28. The quantitative estimate of drug-likeness (QED) is 0.461. The van der Waals surface area contributed by atoms with Crippen molar-refractivity contribution < 1.29 is 0 Å². The second-order valence-electron chi connectivity index (χ2n) is 8.50. The van der Waals surface area contributed by atoms with E-state index in [0.29, 0.717) is 12.2 Å². The minimum Gasteiger partial charge on any atom is -0.279 e. The summed E-state index contributed by atoms with van der Waals surface area (Å²) in [4.78, 5) is 29.4. The molecular formula is C26H26N2O2S. The molecule has 2 heterocycles. The van der Waals surface area contributed by atoms with E-state index < -0.39 is 0 Å². The van der Waals surface area contributed by atoms with E-state index in [9.17, 15) is 9.59 Å². The second-order valence-corrected chi connectivity index (χ2v) is 9.58. The summed E-state index contributed by atoms with van der Waals surface area (Å²) in [5.74, 6) is 0. The van der Waals surface area contributed by atoms with Crippen molar-refractivity contribution >= 4 is 21.6 Å². The molecule has 0 saturated heterocycles. The number of aryl methyl sites for hydroxylation is 5. The lowest BCUT2D eigenvalue weighted by molar-refractivity contribution is 0.715. The normalized spacial score (nSPS) is 13.1. The van der Waals surface area contributed by atoms with E-state index in [1.807, 2.05) is 28.8 Å². The van der Waals surface area contributed by atoms with E-state index in [0.717, 1.165) is 52.6 Å². The molecule has 0 spiro atoms. The first-order chi connectivity index (χ1) is 15.0. The standard InChI is InChI=1S/C26H26N2O2S/c1-4-18-9-12-20(13-10-18)28-24(29)23-21-6-5-7-22(21)31-25(23)27(26(28)30)15-19-11-8-16(2)14-17(19)3/h8-14H,4-7,15H2,1-3H3. The van der Waals surface area contributed by atoms with E-state index in [2.05, 4.69) is 39.0 Å². The Hall–Kier alpha value is -2.92. The van der Waals surface area contributed by atoms with Gasteiger partial charge < -0.3 is 0 Å². The van der Waals surface area contributed by atoms with Gasteiger partial charge >= 0.3 is 5.69 Å². The highest BCUT2D eigenvalue weighted by atomic mass is 32.1. The topological polar surface area (TPSA) is 44.0 Å². The third-order valence-electron chi connectivity index (χ3n) is 6.42. The first kappa shape index (κ1) is 20.0. The van der Waals surface area contributed by atoms with Crippen LogP contribution in [0.5, 0.6) is 0 Å². The van der Waals surface area contributed by atoms with Gasteiger partial charge in [0.25, 0.3) is 5.56 Å². The molecule has 0 saturated carbocycles. The fourth-order valence-electron chi connectivity index (χ4n) is 4.65. The van der Waals surface area contributed by atoms with Crippen molar-refractivity contribution in [3.8, 4) is 5.69 Å². The Morgan fingerprint density at radius 2 is 1.77 bits per heavy atom. The van der Waals surface area contributed by atoms with Gasteiger partial charge in [-0.2, -0.15) is 0 Å². The molecule has 0 amide bonds. The molecule has 2 aromatic heterocycles. The fourth-order valence-corrected chi connectivity index (χ4v) is 6.02. The van der Waals surface area contributed by atoms with Crippen molar-refractivity contribution in [2.75, 3.05) is 0 Å². The zero-order valence-corrected chi connectivity index (χ0v) is 19.0. The predicted octanol–water partition coefficient (Wildman–Crippen LogP) is 4.93. The lowest BCUT2D eigenvalue weighted by Crippen LogP contribution is -2.39. The number of hydrogen-bond acceptors (Lipinski definition) is 3. The van der Waals surface area contributed by atoms with Crippen molar-refractivity contribution in [1.82, 2.24) is 9.13 Å². The molecule has 0 atom stereocenters. The van der Waals surface area contributed by atoms with Crippen LogP contribution in [0.25, 0.3) is 15.9 Å². The Labute approximate surface area is 185 Å². The molecular weight excluding hydrogens is 404 g/mol. The largest absolute Gasteiger partial charge is 0.337 e. The number of aromatic nitrogens is 2. The van der Waals surface area contributed by atoms with E-state index in [1.165, 1.54) is 20.6 Å². The molecule has 5 rings (SSSR count). The molecule has 0 fully saturated rings. The Bertz CT molecular complexity index is 1420. The molecule has 0 N–H and O–H groups in total. The first-order valence-corrected chi connectivity index (χ1v) is 11.7. The average molecular weight is 431 g/mol. The van der Waals surface area contributed by atoms with Crippen LogP contribution in [0, 0.1) is 13.8 Å². The molecule has 0 bridgehead atoms. The van der Waals surface area contributed by atoms with Gasteiger partial charge in [0.1, 0.15) is 4.83 Å².